The number of nitrogen functional groups attached to an aromatic ring is 1. The summed E-state index contributed by atoms with van der Waals surface area (Å²) in [5.41, 5.74) is 9.63. The summed E-state index contributed by atoms with van der Waals surface area (Å²) in [6.07, 6.45) is 2.23. The molecule has 10 heteroatoms. The fourth-order valence-electron chi connectivity index (χ4n) is 4.38. The summed E-state index contributed by atoms with van der Waals surface area (Å²) in [6.45, 7) is 1.79. The summed E-state index contributed by atoms with van der Waals surface area (Å²) in [4.78, 5) is 30.6. The number of carbonyl (C=O) groups is 2. The maximum atomic E-state index is 12.8. The lowest BCUT2D eigenvalue weighted by Crippen LogP contribution is -2.34. The molecule has 0 spiro atoms. The van der Waals surface area contributed by atoms with Gasteiger partial charge < -0.3 is 25.6 Å². The molecule has 1 aromatic heterocycles. The van der Waals surface area contributed by atoms with E-state index < -0.39 is 12.0 Å². The number of rotatable bonds is 10. The van der Waals surface area contributed by atoms with E-state index in [0.717, 1.165) is 54.0 Å². The number of anilines is 1. The Morgan fingerprint density at radius 3 is 2.54 bits per heavy atom. The minimum absolute atomic E-state index is 0.0287. The number of hydrogen-bond acceptors (Lipinski definition) is 6. The molecule has 1 amide bonds. The van der Waals surface area contributed by atoms with E-state index >= 15 is 0 Å². The van der Waals surface area contributed by atoms with Crippen molar-refractivity contribution in [1.29, 1.82) is 5.41 Å². The number of nitrogens with one attached hydrogen (secondary N) is 3. The predicted molar refractivity (Wildman–Crippen MR) is 134 cm³/mol. The highest BCUT2D eigenvalue weighted by Crippen LogP contribution is 2.25. The Hall–Kier alpha value is -3.92. The molecule has 35 heavy (non-hydrogen) atoms. The van der Waals surface area contributed by atoms with E-state index in [1.165, 1.54) is 0 Å². The van der Waals surface area contributed by atoms with E-state index in [1.54, 1.807) is 12.1 Å². The standard InChI is InChI=1S/C25H31N7O3/c1-31-21-9-6-17(19(29-15-24(34)35)13-23(33)32-10-2-3-11-32)12-20(21)30-22(31)14-28-18-7-4-16(5-8-18)25(26)27/h4-9,12,19,28-29H,2-3,10-11,13-15H2,1H3,(H3,26,27)(H,34,35). The Morgan fingerprint density at radius 1 is 1.17 bits per heavy atom. The number of nitrogens with zero attached hydrogens (tertiary/aromatic N) is 3. The lowest BCUT2D eigenvalue weighted by atomic mass is 10.0. The first-order valence-corrected chi connectivity index (χ1v) is 11.7. The fourth-order valence-corrected chi connectivity index (χ4v) is 4.38. The first-order valence-electron chi connectivity index (χ1n) is 11.7. The Kier molecular flexibility index (Phi) is 7.31. The van der Waals surface area contributed by atoms with Gasteiger partial charge in [-0.25, -0.2) is 4.98 Å². The molecule has 1 atom stereocenters. The van der Waals surface area contributed by atoms with Gasteiger partial charge in [0.05, 0.1) is 24.1 Å². The quantitative estimate of drug-likeness (QED) is 0.222. The van der Waals surface area contributed by atoms with Crippen molar-refractivity contribution >= 4 is 34.4 Å². The van der Waals surface area contributed by atoms with Crippen LogP contribution in [0.25, 0.3) is 11.0 Å². The van der Waals surface area contributed by atoms with E-state index in [1.807, 2.05) is 46.8 Å². The molecule has 0 aliphatic carbocycles. The number of amides is 1. The highest BCUT2D eigenvalue weighted by Gasteiger charge is 2.24. The van der Waals surface area contributed by atoms with Gasteiger partial charge in [0.25, 0.3) is 0 Å². The van der Waals surface area contributed by atoms with E-state index in [9.17, 15) is 9.59 Å². The number of hydrogen-bond donors (Lipinski definition) is 5. The van der Waals surface area contributed by atoms with Crippen LogP contribution in [-0.4, -0.2) is 56.9 Å². The van der Waals surface area contributed by atoms with Crippen LogP contribution in [0.1, 0.15) is 42.3 Å². The Balaban J connectivity index is 1.51. The third kappa shape index (κ3) is 5.78. The van der Waals surface area contributed by atoms with Crippen molar-refractivity contribution in [2.45, 2.75) is 31.8 Å². The second kappa shape index (κ2) is 10.6. The number of carboxylic acid groups (broad SMARTS) is 1. The maximum absolute atomic E-state index is 12.8. The maximum Gasteiger partial charge on any atom is 0.317 e. The molecule has 1 fully saturated rings. The van der Waals surface area contributed by atoms with Crippen LogP contribution in [0.2, 0.25) is 0 Å². The van der Waals surface area contributed by atoms with Crippen LogP contribution >= 0.6 is 0 Å². The largest absolute Gasteiger partial charge is 0.480 e. The smallest absolute Gasteiger partial charge is 0.317 e. The van der Waals surface area contributed by atoms with Crippen molar-refractivity contribution in [1.82, 2.24) is 19.8 Å². The number of carboxylic acids is 1. The lowest BCUT2D eigenvalue weighted by molar-refractivity contribution is -0.137. The van der Waals surface area contributed by atoms with Crippen molar-refractivity contribution in [2.75, 3.05) is 25.0 Å². The minimum Gasteiger partial charge on any atom is -0.480 e. The van der Waals surface area contributed by atoms with Crippen molar-refractivity contribution < 1.29 is 14.7 Å². The van der Waals surface area contributed by atoms with Gasteiger partial charge >= 0.3 is 5.97 Å². The van der Waals surface area contributed by atoms with E-state index in [0.29, 0.717) is 12.1 Å². The number of amidine groups is 1. The summed E-state index contributed by atoms with van der Waals surface area (Å²) >= 11 is 0. The fraction of sp³-hybridized carbons (Fsp3) is 0.360. The summed E-state index contributed by atoms with van der Waals surface area (Å²) < 4.78 is 2.01. The van der Waals surface area contributed by atoms with E-state index in [2.05, 4.69) is 10.6 Å². The highest BCUT2D eigenvalue weighted by molar-refractivity contribution is 5.95. The Labute approximate surface area is 203 Å². The molecule has 1 aliphatic heterocycles. The zero-order valence-corrected chi connectivity index (χ0v) is 19.8. The molecule has 4 rings (SSSR count). The number of benzene rings is 2. The molecular weight excluding hydrogens is 446 g/mol. The zero-order chi connectivity index (χ0) is 24.9. The molecule has 2 aromatic carbocycles. The number of likely N-dealkylation sites (tertiary alicyclic amines) is 1. The van der Waals surface area contributed by atoms with Crippen molar-refractivity contribution in [3.8, 4) is 0 Å². The van der Waals surface area contributed by atoms with Gasteiger partial charge in [0.1, 0.15) is 11.7 Å². The van der Waals surface area contributed by atoms with Crippen LogP contribution in [0.5, 0.6) is 0 Å². The summed E-state index contributed by atoms with van der Waals surface area (Å²) in [5, 5.41) is 23.0. The van der Waals surface area contributed by atoms with Crippen LogP contribution in [-0.2, 0) is 23.2 Å². The molecule has 6 N–H and O–H groups in total. The minimum atomic E-state index is -0.966. The van der Waals surface area contributed by atoms with Gasteiger partial charge in [-0.05, 0) is 54.8 Å². The molecule has 1 aliphatic rings. The van der Waals surface area contributed by atoms with Crippen molar-refractivity contribution in [3.05, 3.63) is 59.4 Å². The van der Waals surface area contributed by atoms with Gasteiger partial charge in [-0.3, -0.25) is 20.3 Å². The number of aryl methyl sites for hydroxylation is 1. The van der Waals surface area contributed by atoms with Gasteiger partial charge in [-0.1, -0.05) is 6.07 Å². The normalized spacial score (nSPS) is 14.3. The number of imidazole rings is 1. The Morgan fingerprint density at radius 2 is 1.89 bits per heavy atom. The van der Waals surface area contributed by atoms with Crippen LogP contribution in [0.15, 0.2) is 42.5 Å². The molecule has 0 radical (unpaired) electrons. The first-order chi connectivity index (χ1) is 16.8. The third-order valence-corrected chi connectivity index (χ3v) is 6.38. The van der Waals surface area contributed by atoms with Crippen LogP contribution < -0.4 is 16.4 Å². The van der Waals surface area contributed by atoms with Crippen molar-refractivity contribution in [2.24, 2.45) is 12.8 Å². The third-order valence-electron chi connectivity index (χ3n) is 6.38. The second-order valence-corrected chi connectivity index (χ2v) is 8.80. The second-order valence-electron chi connectivity index (χ2n) is 8.80. The van der Waals surface area contributed by atoms with E-state index in [4.69, 9.17) is 21.2 Å². The lowest BCUT2D eigenvalue weighted by Gasteiger charge is -2.22. The molecule has 3 aromatic rings. The first kappa shape index (κ1) is 24.2. The number of aromatic nitrogens is 2. The van der Waals surface area contributed by atoms with Gasteiger partial charge in [0.2, 0.25) is 5.91 Å². The Bertz CT molecular complexity index is 1230. The molecule has 0 bridgehead atoms. The molecule has 2 heterocycles. The molecule has 10 nitrogen and oxygen atoms in total. The number of fused-ring (bicyclic) bond motifs is 1. The average molecular weight is 478 g/mol. The van der Waals surface area contributed by atoms with Gasteiger partial charge in [-0.15, -0.1) is 0 Å². The molecule has 1 unspecified atom stereocenters. The average Bonchev–Trinajstić information content (AvgIpc) is 3.49. The molecular formula is C25H31N7O3. The van der Waals surface area contributed by atoms with Gasteiger partial charge in [0, 0.05) is 43.9 Å². The SMILES string of the molecule is Cn1c(CNc2ccc(C(=N)N)cc2)nc2cc(C(CC(=O)N3CCCC3)NCC(=O)O)ccc21. The number of nitrogens with two attached hydrogens (primary N) is 1. The van der Waals surface area contributed by atoms with Crippen LogP contribution in [0.4, 0.5) is 5.69 Å². The predicted octanol–water partition coefficient (Wildman–Crippen LogP) is 2.20. The van der Waals surface area contributed by atoms with Crippen molar-refractivity contribution in [3.63, 3.8) is 0 Å². The summed E-state index contributed by atoms with van der Waals surface area (Å²) in [5.74, 6) is -0.0728. The number of carbonyl (C=O) groups excluding carboxylic acids is 1. The van der Waals surface area contributed by atoms with Gasteiger partial charge in [-0.2, -0.15) is 0 Å². The van der Waals surface area contributed by atoms with Crippen LogP contribution in [0.3, 0.4) is 0 Å². The van der Waals surface area contributed by atoms with E-state index in [-0.39, 0.29) is 24.7 Å². The topological polar surface area (TPSA) is 149 Å². The summed E-state index contributed by atoms with van der Waals surface area (Å²) in [6, 6.07) is 12.7. The van der Waals surface area contributed by atoms with Gasteiger partial charge in [0.15, 0.2) is 0 Å². The van der Waals surface area contributed by atoms with Crippen LogP contribution in [0, 0.1) is 5.41 Å². The number of aliphatic carboxylic acids is 1. The molecule has 1 saturated heterocycles. The molecule has 0 saturated carbocycles. The summed E-state index contributed by atoms with van der Waals surface area (Å²) in [7, 11) is 1.95. The zero-order valence-electron chi connectivity index (χ0n) is 19.8. The monoisotopic (exact) mass is 477 g/mol. The molecule has 184 valence electrons. The highest BCUT2D eigenvalue weighted by atomic mass is 16.4.